The Bertz CT molecular complexity index is 507. The van der Waals surface area contributed by atoms with Crippen molar-refractivity contribution in [3.8, 4) is 0 Å². The summed E-state index contributed by atoms with van der Waals surface area (Å²) in [7, 11) is 0. The van der Waals surface area contributed by atoms with Crippen molar-refractivity contribution in [3.63, 3.8) is 0 Å². The van der Waals surface area contributed by atoms with Crippen molar-refractivity contribution in [2.75, 3.05) is 0 Å². The first-order chi connectivity index (χ1) is 8.22. The number of para-hydroxylation sites is 1. The van der Waals surface area contributed by atoms with E-state index in [0.717, 1.165) is 30.5 Å². The van der Waals surface area contributed by atoms with Crippen LogP contribution in [-0.2, 0) is 0 Å². The van der Waals surface area contributed by atoms with Gasteiger partial charge in [-0.2, -0.15) is 0 Å². The van der Waals surface area contributed by atoms with Gasteiger partial charge in [-0.15, -0.1) is 0 Å². The van der Waals surface area contributed by atoms with Gasteiger partial charge in [0, 0.05) is 5.39 Å². The van der Waals surface area contributed by atoms with Crippen LogP contribution in [0.1, 0.15) is 43.5 Å². The van der Waals surface area contributed by atoms with Crippen LogP contribution in [0.3, 0.4) is 0 Å². The van der Waals surface area contributed by atoms with Crippen molar-refractivity contribution in [3.05, 3.63) is 41.6 Å². The Hall–Kier alpha value is -1.41. The predicted octanol–water partition coefficient (Wildman–Crippen LogP) is 3.77. The number of aromatic nitrogens is 1. The Labute approximate surface area is 102 Å². The topological polar surface area (TPSA) is 33.1 Å². The Morgan fingerprint density at radius 2 is 2.06 bits per heavy atom. The number of unbranched alkanes of at least 4 members (excludes halogenated alkanes) is 1. The van der Waals surface area contributed by atoms with E-state index < -0.39 is 6.10 Å². The van der Waals surface area contributed by atoms with Crippen LogP contribution in [0.5, 0.6) is 0 Å². The molecular weight excluding hydrogens is 210 g/mol. The van der Waals surface area contributed by atoms with Gasteiger partial charge in [0.1, 0.15) is 0 Å². The number of aryl methyl sites for hydroxylation is 1. The van der Waals surface area contributed by atoms with Crippen LogP contribution in [0.2, 0.25) is 0 Å². The summed E-state index contributed by atoms with van der Waals surface area (Å²) >= 11 is 0. The van der Waals surface area contributed by atoms with Gasteiger partial charge in [0.25, 0.3) is 0 Å². The summed E-state index contributed by atoms with van der Waals surface area (Å²) in [4.78, 5) is 4.54. The molecule has 1 aromatic heterocycles. The number of hydrogen-bond donors (Lipinski definition) is 1. The molecule has 17 heavy (non-hydrogen) atoms. The van der Waals surface area contributed by atoms with E-state index in [4.69, 9.17) is 0 Å². The molecule has 1 heterocycles. The molecule has 0 aliphatic carbocycles. The molecule has 0 spiro atoms. The molecule has 0 aliphatic heterocycles. The number of pyridine rings is 1. The molecule has 2 nitrogen and oxygen atoms in total. The molecule has 1 atom stereocenters. The molecule has 0 amide bonds. The van der Waals surface area contributed by atoms with Gasteiger partial charge >= 0.3 is 0 Å². The molecule has 90 valence electrons. The maximum absolute atomic E-state index is 10.1. The lowest BCUT2D eigenvalue weighted by atomic mass is 10.0. The van der Waals surface area contributed by atoms with Gasteiger partial charge in [-0.25, -0.2) is 0 Å². The van der Waals surface area contributed by atoms with Gasteiger partial charge in [-0.3, -0.25) is 4.98 Å². The van der Waals surface area contributed by atoms with Crippen molar-refractivity contribution in [2.45, 2.75) is 39.2 Å². The van der Waals surface area contributed by atoms with Gasteiger partial charge < -0.3 is 5.11 Å². The van der Waals surface area contributed by atoms with Crippen molar-refractivity contribution < 1.29 is 5.11 Å². The lowest BCUT2D eigenvalue weighted by Gasteiger charge is -2.12. The van der Waals surface area contributed by atoms with E-state index in [1.165, 1.54) is 10.9 Å². The molecule has 0 radical (unpaired) electrons. The highest BCUT2D eigenvalue weighted by Gasteiger charge is 2.10. The summed E-state index contributed by atoms with van der Waals surface area (Å²) in [5.74, 6) is 0. The number of rotatable bonds is 4. The van der Waals surface area contributed by atoms with Crippen molar-refractivity contribution >= 4 is 10.9 Å². The maximum Gasteiger partial charge on any atom is 0.0960 e. The third-order valence-electron chi connectivity index (χ3n) is 3.12. The Morgan fingerprint density at radius 3 is 2.82 bits per heavy atom. The molecule has 0 saturated heterocycles. The quantitative estimate of drug-likeness (QED) is 0.865. The monoisotopic (exact) mass is 229 g/mol. The van der Waals surface area contributed by atoms with Gasteiger partial charge in [-0.1, -0.05) is 38.0 Å². The van der Waals surface area contributed by atoms with E-state index in [0.29, 0.717) is 0 Å². The van der Waals surface area contributed by atoms with E-state index in [9.17, 15) is 5.11 Å². The normalized spacial score (nSPS) is 12.9. The zero-order valence-corrected chi connectivity index (χ0v) is 10.5. The molecule has 0 aliphatic rings. The largest absolute Gasteiger partial charge is 0.387 e. The van der Waals surface area contributed by atoms with E-state index >= 15 is 0 Å². The molecule has 1 unspecified atom stereocenters. The van der Waals surface area contributed by atoms with Crippen LogP contribution in [0, 0.1) is 6.92 Å². The fourth-order valence-electron chi connectivity index (χ4n) is 2.09. The molecule has 2 rings (SSSR count). The second-order valence-corrected chi connectivity index (χ2v) is 4.54. The zero-order valence-electron chi connectivity index (χ0n) is 10.5. The van der Waals surface area contributed by atoms with E-state index in [1.54, 1.807) is 0 Å². The van der Waals surface area contributed by atoms with Crippen LogP contribution in [0.4, 0.5) is 0 Å². The molecule has 2 aromatic rings. The lowest BCUT2D eigenvalue weighted by molar-refractivity contribution is 0.160. The van der Waals surface area contributed by atoms with Crippen LogP contribution in [-0.4, -0.2) is 10.1 Å². The molecular formula is C15H19NO. The van der Waals surface area contributed by atoms with Crippen molar-refractivity contribution in [1.82, 2.24) is 4.98 Å². The second kappa shape index (κ2) is 5.28. The first kappa shape index (κ1) is 12.1. The smallest absolute Gasteiger partial charge is 0.0960 e. The van der Waals surface area contributed by atoms with Crippen molar-refractivity contribution in [1.29, 1.82) is 0 Å². The van der Waals surface area contributed by atoms with Crippen LogP contribution in [0.15, 0.2) is 30.3 Å². The average molecular weight is 229 g/mol. The highest BCUT2D eigenvalue weighted by atomic mass is 16.3. The molecule has 0 saturated carbocycles. The fourth-order valence-corrected chi connectivity index (χ4v) is 2.09. The standard InChI is InChI=1S/C15H19NO/c1-3-4-9-15(17)14-10-11(2)12-7-5-6-8-13(12)16-14/h5-8,10,15,17H,3-4,9H2,1-2H3. The fraction of sp³-hybridized carbons (Fsp3) is 0.400. The van der Waals surface area contributed by atoms with Crippen LogP contribution >= 0.6 is 0 Å². The lowest BCUT2D eigenvalue weighted by Crippen LogP contribution is -2.01. The van der Waals surface area contributed by atoms with Gasteiger partial charge in [0.05, 0.1) is 17.3 Å². The summed E-state index contributed by atoms with van der Waals surface area (Å²) in [6.07, 6.45) is 2.50. The summed E-state index contributed by atoms with van der Waals surface area (Å²) in [6, 6.07) is 10.1. The van der Waals surface area contributed by atoms with E-state index in [-0.39, 0.29) is 0 Å². The van der Waals surface area contributed by atoms with Crippen molar-refractivity contribution in [2.24, 2.45) is 0 Å². The Morgan fingerprint density at radius 1 is 1.29 bits per heavy atom. The number of nitrogens with zero attached hydrogens (tertiary/aromatic N) is 1. The molecule has 1 N–H and O–H groups in total. The predicted molar refractivity (Wildman–Crippen MR) is 71.0 cm³/mol. The summed E-state index contributed by atoms with van der Waals surface area (Å²) in [5, 5.41) is 11.2. The molecule has 2 heteroatoms. The first-order valence-electron chi connectivity index (χ1n) is 6.26. The minimum Gasteiger partial charge on any atom is -0.387 e. The van der Waals surface area contributed by atoms with Crippen LogP contribution < -0.4 is 0 Å². The van der Waals surface area contributed by atoms with Crippen LogP contribution in [0.25, 0.3) is 10.9 Å². The minimum atomic E-state index is -0.432. The number of aliphatic hydroxyl groups is 1. The number of aliphatic hydroxyl groups excluding tert-OH is 1. The van der Waals surface area contributed by atoms with Gasteiger partial charge in [-0.05, 0) is 31.0 Å². The Balaban J connectivity index is 2.36. The number of benzene rings is 1. The zero-order chi connectivity index (χ0) is 12.3. The minimum absolute atomic E-state index is 0.432. The highest BCUT2D eigenvalue weighted by Crippen LogP contribution is 2.23. The summed E-state index contributed by atoms with van der Waals surface area (Å²) in [6.45, 7) is 4.20. The average Bonchev–Trinajstić information content (AvgIpc) is 2.36. The van der Waals surface area contributed by atoms with Gasteiger partial charge in [0.2, 0.25) is 0 Å². The summed E-state index contributed by atoms with van der Waals surface area (Å²) < 4.78 is 0. The first-order valence-corrected chi connectivity index (χ1v) is 6.26. The van der Waals surface area contributed by atoms with E-state index in [1.807, 2.05) is 24.3 Å². The molecule has 0 fully saturated rings. The highest BCUT2D eigenvalue weighted by molar-refractivity contribution is 5.82. The third kappa shape index (κ3) is 2.64. The SMILES string of the molecule is CCCCC(O)c1cc(C)c2ccccc2n1. The number of fused-ring (bicyclic) bond motifs is 1. The van der Waals surface area contributed by atoms with E-state index in [2.05, 4.69) is 24.9 Å². The molecule has 1 aromatic carbocycles. The second-order valence-electron chi connectivity index (χ2n) is 4.54. The summed E-state index contributed by atoms with van der Waals surface area (Å²) in [5.41, 5.74) is 2.95. The molecule has 0 bridgehead atoms. The Kier molecular flexibility index (Phi) is 3.75. The maximum atomic E-state index is 10.1. The third-order valence-corrected chi connectivity index (χ3v) is 3.12. The number of hydrogen-bond acceptors (Lipinski definition) is 2. The van der Waals surface area contributed by atoms with Gasteiger partial charge in [0.15, 0.2) is 0 Å².